The molecule has 0 heterocycles. The van der Waals surface area contributed by atoms with Gasteiger partial charge < -0.3 is 13.3 Å². The Kier molecular flexibility index (Phi) is 6.30. The molecule has 0 atom stereocenters. The second-order valence-corrected chi connectivity index (χ2v) is 11.7. The van der Waals surface area contributed by atoms with Crippen molar-refractivity contribution in [3.8, 4) is 0 Å². The molecular formula is C10H24O5SSi. The van der Waals surface area contributed by atoms with Gasteiger partial charge in [-0.1, -0.05) is 0 Å². The summed E-state index contributed by atoms with van der Waals surface area (Å²) in [5, 5.41) is 0. The molecule has 7 heteroatoms. The molecule has 0 aliphatic heterocycles. The lowest BCUT2D eigenvalue weighted by atomic mass is 10.5. The largest absolute Gasteiger partial charge is 0.635 e. The standard InChI is InChI=1S/C10H24O5SSi/c1-8(2)13-17(14-9(3)4,15-10(5)6)16(7,11)12/h8-10H,1-7H3. The van der Waals surface area contributed by atoms with Gasteiger partial charge in [0.05, 0.1) is 0 Å². The zero-order chi connectivity index (χ0) is 13.9. The SMILES string of the molecule is CC(C)O[Si](OC(C)C)(OC(C)C)S(C)(=O)=O. The topological polar surface area (TPSA) is 61.8 Å². The molecule has 0 bridgehead atoms. The fraction of sp³-hybridized carbons (Fsp3) is 1.00. The Morgan fingerprint density at radius 1 is 0.765 bits per heavy atom. The van der Waals surface area contributed by atoms with Crippen molar-refractivity contribution in [3.63, 3.8) is 0 Å². The molecule has 0 aromatic carbocycles. The first-order valence-electron chi connectivity index (χ1n) is 5.73. The van der Waals surface area contributed by atoms with Gasteiger partial charge >= 0.3 is 7.95 Å². The summed E-state index contributed by atoms with van der Waals surface area (Å²) in [5.74, 6) is 0. The molecule has 17 heavy (non-hydrogen) atoms. The van der Waals surface area contributed by atoms with Crippen LogP contribution in [0.25, 0.3) is 0 Å². The maximum absolute atomic E-state index is 11.9. The second kappa shape index (κ2) is 6.28. The molecule has 0 rings (SSSR count). The molecule has 0 aromatic heterocycles. The van der Waals surface area contributed by atoms with Gasteiger partial charge in [0, 0.05) is 24.6 Å². The Bertz CT molecular complexity index is 297. The normalized spacial score (nSPS) is 14.0. The number of hydrogen-bond donors (Lipinski definition) is 0. The summed E-state index contributed by atoms with van der Waals surface area (Å²) in [7, 11) is -7.25. The van der Waals surface area contributed by atoms with Crippen LogP contribution in [0.4, 0.5) is 0 Å². The highest BCUT2D eigenvalue weighted by Crippen LogP contribution is 2.22. The van der Waals surface area contributed by atoms with E-state index in [1.807, 2.05) is 0 Å². The highest BCUT2D eigenvalue weighted by molar-refractivity contribution is 8.19. The molecule has 0 N–H and O–H groups in total. The van der Waals surface area contributed by atoms with Crippen LogP contribution in [0.5, 0.6) is 0 Å². The first-order valence-corrected chi connectivity index (χ1v) is 10.1. The molecule has 0 amide bonds. The Morgan fingerprint density at radius 3 is 1.12 bits per heavy atom. The predicted octanol–water partition coefficient (Wildman–Crippen LogP) is 1.74. The minimum atomic E-state index is -3.71. The summed E-state index contributed by atoms with van der Waals surface area (Å²) in [6.07, 6.45) is 0.295. The van der Waals surface area contributed by atoms with Gasteiger partial charge in [0.2, 0.25) is 9.29 Å². The fourth-order valence-corrected chi connectivity index (χ4v) is 6.94. The summed E-state index contributed by atoms with van der Waals surface area (Å²) in [6, 6.07) is 0. The van der Waals surface area contributed by atoms with Gasteiger partial charge in [-0.05, 0) is 41.5 Å². The third-order valence-electron chi connectivity index (χ3n) is 1.59. The van der Waals surface area contributed by atoms with E-state index in [2.05, 4.69) is 0 Å². The Morgan fingerprint density at radius 2 is 1.00 bits per heavy atom. The van der Waals surface area contributed by atoms with E-state index >= 15 is 0 Å². The molecule has 104 valence electrons. The maximum atomic E-state index is 11.9. The van der Waals surface area contributed by atoms with Crippen molar-refractivity contribution in [1.29, 1.82) is 0 Å². The first-order chi connectivity index (χ1) is 7.50. The van der Waals surface area contributed by atoms with E-state index in [0.717, 1.165) is 6.26 Å². The summed E-state index contributed by atoms with van der Waals surface area (Å²) >= 11 is 0. The van der Waals surface area contributed by atoms with Crippen LogP contribution in [0.1, 0.15) is 41.5 Å². The highest BCUT2D eigenvalue weighted by atomic mass is 32.4. The summed E-state index contributed by atoms with van der Waals surface area (Å²) in [5.41, 5.74) is 0. The van der Waals surface area contributed by atoms with E-state index in [-0.39, 0.29) is 18.3 Å². The third kappa shape index (κ3) is 5.48. The lowest BCUT2D eigenvalue weighted by molar-refractivity contribution is 0.0220. The summed E-state index contributed by atoms with van der Waals surface area (Å²) in [6.45, 7) is 10.6. The minimum absolute atomic E-state index is 0.270. The van der Waals surface area contributed by atoms with Crippen LogP contribution in [0, 0.1) is 0 Å². The van der Waals surface area contributed by atoms with Crippen LogP contribution in [-0.2, 0) is 22.6 Å². The van der Waals surface area contributed by atoms with Crippen molar-refractivity contribution >= 4 is 17.2 Å². The number of hydrogen-bond acceptors (Lipinski definition) is 5. The monoisotopic (exact) mass is 284 g/mol. The summed E-state index contributed by atoms with van der Waals surface area (Å²) in [4.78, 5) is 0. The van der Waals surface area contributed by atoms with Gasteiger partial charge in [-0.15, -0.1) is 0 Å². The van der Waals surface area contributed by atoms with Gasteiger partial charge in [0.25, 0.3) is 0 Å². The van der Waals surface area contributed by atoms with Gasteiger partial charge in [-0.25, -0.2) is 8.42 Å². The van der Waals surface area contributed by atoms with Crippen molar-refractivity contribution in [1.82, 2.24) is 0 Å². The highest BCUT2D eigenvalue weighted by Gasteiger charge is 2.56. The van der Waals surface area contributed by atoms with Crippen LogP contribution in [0.15, 0.2) is 0 Å². The molecule has 0 unspecified atom stereocenters. The Balaban J connectivity index is 5.36. The Hall–Kier alpha value is 0.0469. The van der Waals surface area contributed by atoms with E-state index in [1.165, 1.54) is 0 Å². The molecule has 0 spiro atoms. The molecule has 0 saturated carbocycles. The first kappa shape index (κ1) is 17.0. The van der Waals surface area contributed by atoms with Crippen molar-refractivity contribution in [2.24, 2.45) is 0 Å². The van der Waals surface area contributed by atoms with Crippen LogP contribution in [-0.4, -0.2) is 40.9 Å². The molecule has 0 aromatic rings. The van der Waals surface area contributed by atoms with Crippen molar-refractivity contribution in [2.75, 3.05) is 6.26 Å². The number of rotatable bonds is 7. The van der Waals surface area contributed by atoms with Crippen LogP contribution < -0.4 is 0 Å². The van der Waals surface area contributed by atoms with E-state index in [0.29, 0.717) is 0 Å². The van der Waals surface area contributed by atoms with E-state index in [1.54, 1.807) is 41.5 Å². The van der Waals surface area contributed by atoms with Gasteiger partial charge in [0.1, 0.15) is 0 Å². The maximum Gasteiger partial charge on any atom is 0.635 e. The molecule has 0 aliphatic carbocycles. The van der Waals surface area contributed by atoms with Gasteiger partial charge in [-0.3, -0.25) is 0 Å². The van der Waals surface area contributed by atoms with Crippen molar-refractivity contribution < 1.29 is 21.7 Å². The smallest absolute Gasteiger partial charge is 0.360 e. The van der Waals surface area contributed by atoms with Crippen molar-refractivity contribution in [2.45, 2.75) is 59.9 Å². The summed E-state index contributed by atoms with van der Waals surface area (Å²) < 4.78 is 40.5. The van der Waals surface area contributed by atoms with Gasteiger partial charge in [0.15, 0.2) is 0 Å². The van der Waals surface area contributed by atoms with E-state index in [9.17, 15) is 8.42 Å². The quantitative estimate of drug-likeness (QED) is 0.666. The lowest BCUT2D eigenvalue weighted by Crippen LogP contribution is -2.56. The Labute approximate surface area is 105 Å². The second-order valence-electron chi connectivity index (χ2n) is 4.77. The van der Waals surface area contributed by atoms with E-state index < -0.39 is 17.2 Å². The minimum Gasteiger partial charge on any atom is -0.360 e. The molecule has 0 radical (unpaired) electrons. The molecule has 5 nitrogen and oxygen atoms in total. The third-order valence-corrected chi connectivity index (χ3v) is 8.37. The molecule has 0 saturated heterocycles. The molecule has 0 aliphatic rings. The van der Waals surface area contributed by atoms with E-state index in [4.69, 9.17) is 13.3 Å². The average Bonchev–Trinajstić information content (AvgIpc) is 1.96. The average molecular weight is 284 g/mol. The van der Waals surface area contributed by atoms with Crippen LogP contribution in [0.2, 0.25) is 0 Å². The zero-order valence-corrected chi connectivity index (χ0v) is 13.5. The lowest BCUT2D eigenvalue weighted by Gasteiger charge is -2.32. The van der Waals surface area contributed by atoms with Crippen LogP contribution >= 0.6 is 0 Å². The van der Waals surface area contributed by atoms with Crippen molar-refractivity contribution in [3.05, 3.63) is 0 Å². The zero-order valence-electron chi connectivity index (χ0n) is 11.7. The molecule has 0 fully saturated rings. The fourth-order valence-electron chi connectivity index (χ4n) is 1.21. The van der Waals surface area contributed by atoms with Gasteiger partial charge in [-0.2, -0.15) is 0 Å². The predicted molar refractivity (Wildman–Crippen MR) is 69.3 cm³/mol. The van der Waals surface area contributed by atoms with Crippen LogP contribution in [0.3, 0.4) is 0 Å². The molecular weight excluding hydrogens is 260 g/mol.